The minimum atomic E-state index is 0.534. The van der Waals surface area contributed by atoms with Gasteiger partial charge >= 0.3 is 0 Å². The van der Waals surface area contributed by atoms with Gasteiger partial charge in [-0.15, -0.1) is 0 Å². The number of aromatic nitrogens is 4. The second-order valence-corrected chi connectivity index (χ2v) is 10.7. The number of hydrogen-bond donors (Lipinski definition) is 0. The van der Waals surface area contributed by atoms with Gasteiger partial charge in [-0.1, -0.05) is 103 Å². The van der Waals surface area contributed by atoms with E-state index in [-0.39, 0.29) is 0 Å². The molecule has 206 valence electrons. The Morgan fingerprint density at radius 3 is 1.70 bits per heavy atom. The van der Waals surface area contributed by atoms with Crippen molar-refractivity contribution in [1.29, 1.82) is 0 Å². The van der Waals surface area contributed by atoms with Crippen LogP contribution >= 0.6 is 0 Å². The van der Waals surface area contributed by atoms with Crippen LogP contribution in [0.2, 0.25) is 0 Å². The summed E-state index contributed by atoms with van der Waals surface area (Å²) in [5.74, 6) is 2.30. The van der Waals surface area contributed by atoms with Crippen molar-refractivity contribution >= 4 is 43.8 Å². The van der Waals surface area contributed by atoms with Gasteiger partial charge in [-0.3, -0.25) is 0 Å². The van der Waals surface area contributed by atoms with Crippen molar-refractivity contribution in [3.63, 3.8) is 0 Å². The van der Waals surface area contributed by atoms with Crippen LogP contribution in [0.3, 0.4) is 0 Å². The second-order valence-electron chi connectivity index (χ2n) is 10.7. The van der Waals surface area contributed by atoms with E-state index in [1.54, 1.807) is 0 Å². The SMILES string of the molecule is c1ccc(-c2nc(-c3ccccc3)nc(-c3cc4ccc5nc(-c6ccccc6)oc5c4c4c3oc3ccccc34)n2)cc1. The number of hydrogen-bond acceptors (Lipinski definition) is 6. The number of benzene rings is 6. The summed E-state index contributed by atoms with van der Waals surface area (Å²) in [7, 11) is 0. The Bertz CT molecular complexity index is 2430. The summed E-state index contributed by atoms with van der Waals surface area (Å²) in [5.41, 5.74) is 6.49. The third-order valence-electron chi connectivity index (χ3n) is 7.94. The van der Waals surface area contributed by atoms with Gasteiger partial charge in [0, 0.05) is 32.8 Å². The van der Waals surface area contributed by atoms with E-state index >= 15 is 0 Å². The lowest BCUT2D eigenvalue weighted by Crippen LogP contribution is -2.00. The van der Waals surface area contributed by atoms with Crippen molar-refractivity contribution in [2.45, 2.75) is 0 Å². The van der Waals surface area contributed by atoms with Crippen LogP contribution in [0.1, 0.15) is 0 Å². The Labute approximate surface area is 251 Å². The molecule has 3 aromatic heterocycles. The van der Waals surface area contributed by atoms with Gasteiger partial charge in [0.15, 0.2) is 23.1 Å². The van der Waals surface area contributed by atoms with Gasteiger partial charge in [-0.25, -0.2) is 19.9 Å². The fourth-order valence-corrected chi connectivity index (χ4v) is 5.89. The van der Waals surface area contributed by atoms with Crippen LogP contribution in [0.25, 0.3) is 89.4 Å². The first-order valence-corrected chi connectivity index (χ1v) is 14.4. The van der Waals surface area contributed by atoms with Gasteiger partial charge in [0.2, 0.25) is 5.89 Å². The Morgan fingerprint density at radius 2 is 1.02 bits per heavy atom. The smallest absolute Gasteiger partial charge is 0.227 e. The molecule has 0 atom stereocenters. The summed E-state index contributed by atoms with van der Waals surface area (Å²) in [6, 6.07) is 44.2. The molecule has 9 aromatic rings. The first kappa shape index (κ1) is 24.5. The van der Waals surface area contributed by atoms with Gasteiger partial charge in [0.25, 0.3) is 0 Å². The molecule has 6 heteroatoms. The third kappa shape index (κ3) is 3.89. The van der Waals surface area contributed by atoms with Crippen molar-refractivity contribution in [2.75, 3.05) is 0 Å². The van der Waals surface area contributed by atoms with Crippen LogP contribution in [0.5, 0.6) is 0 Å². The van der Waals surface area contributed by atoms with E-state index in [0.717, 1.165) is 60.5 Å². The van der Waals surface area contributed by atoms with Gasteiger partial charge in [0.1, 0.15) is 16.7 Å². The maximum atomic E-state index is 6.62. The zero-order valence-corrected chi connectivity index (χ0v) is 23.3. The Balaban J connectivity index is 1.37. The predicted octanol–water partition coefficient (Wildman–Crippen LogP) is 9.73. The highest BCUT2D eigenvalue weighted by Gasteiger charge is 2.23. The molecule has 0 aliphatic carbocycles. The van der Waals surface area contributed by atoms with E-state index in [1.807, 2.05) is 115 Å². The molecule has 6 nitrogen and oxygen atoms in total. The lowest BCUT2D eigenvalue weighted by molar-refractivity contribution is 0.623. The number of para-hydroxylation sites is 1. The van der Waals surface area contributed by atoms with Gasteiger partial charge in [0.05, 0.1) is 5.56 Å². The number of oxazole rings is 1. The molecule has 0 fully saturated rings. The zero-order valence-electron chi connectivity index (χ0n) is 23.3. The predicted molar refractivity (Wildman–Crippen MR) is 174 cm³/mol. The van der Waals surface area contributed by atoms with E-state index in [0.29, 0.717) is 28.9 Å². The maximum absolute atomic E-state index is 6.62. The molecule has 0 aliphatic rings. The lowest BCUT2D eigenvalue weighted by atomic mass is 9.99. The molecule has 6 aromatic carbocycles. The summed E-state index contributed by atoms with van der Waals surface area (Å²) in [5, 5.41) is 3.85. The minimum Gasteiger partial charge on any atom is -0.455 e. The van der Waals surface area contributed by atoms with Crippen molar-refractivity contribution in [3.8, 4) is 45.6 Å². The molecule has 0 saturated carbocycles. The molecular weight excluding hydrogens is 544 g/mol. The number of rotatable bonds is 4. The van der Waals surface area contributed by atoms with Crippen LogP contribution in [-0.2, 0) is 0 Å². The monoisotopic (exact) mass is 566 g/mol. The molecule has 0 saturated heterocycles. The Morgan fingerprint density at radius 1 is 0.432 bits per heavy atom. The molecule has 9 rings (SSSR count). The maximum Gasteiger partial charge on any atom is 0.227 e. The van der Waals surface area contributed by atoms with Gasteiger partial charge in [-0.05, 0) is 35.7 Å². The molecule has 0 bridgehead atoms. The number of furan rings is 1. The van der Waals surface area contributed by atoms with Gasteiger partial charge in [-0.2, -0.15) is 0 Å². The molecule has 0 spiro atoms. The van der Waals surface area contributed by atoms with Crippen LogP contribution in [0.4, 0.5) is 0 Å². The van der Waals surface area contributed by atoms with Crippen molar-refractivity contribution in [2.24, 2.45) is 0 Å². The quantitative estimate of drug-likeness (QED) is 0.211. The summed E-state index contributed by atoms with van der Waals surface area (Å²) >= 11 is 0. The number of nitrogens with zero attached hydrogens (tertiary/aromatic N) is 4. The highest BCUT2D eigenvalue weighted by molar-refractivity contribution is 6.27. The molecular formula is C38H22N4O2. The average molecular weight is 567 g/mol. The molecule has 0 radical (unpaired) electrons. The van der Waals surface area contributed by atoms with Crippen molar-refractivity contribution in [3.05, 3.63) is 133 Å². The van der Waals surface area contributed by atoms with Crippen LogP contribution in [0.15, 0.2) is 142 Å². The third-order valence-corrected chi connectivity index (χ3v) is 7.94. The highest BCUT2D eigenvalue weighted by Crippen LogP contribution is 2.43. The van der Waals surface area contributed by atoms with Crippen molar-refractivity contribution < 1.29 is 8.83 Å². The van der Waals surface area contributed by atoms with Crippen LogP contribution in [0, 0.1) is 0 Å². The normalized spacial score (nSPS) is 11.6. The molecule has 0 aliphatic heterocycles. The van der Waals surface area contributed by atoms with Crippen molar-refractivity contribution in [1.82, 2.24) is 19.9 Å². The summed E-state index contributed by atoms with van der Waals surface area (Å²) in [6.45, 7) is 0. The molecule has 0 unspecified atom stereocenters. The molecule has 0 N–H and O–H groups in total. The average Bonchev–Trinajstić information content (AvgIpc) is 3.71. The minimum absolute atomic E-state index is 0.534. The largest absolute Gasteiger partial charge is 0.455 e. The second kappa shape index (κ2) is 9.71. The fraction of sp³-hybridized carbons (Fsp3) is 0. The fourth-order valence-electron chi connectivity index (χ4n) is 5.89. The zero-order chi connectivity index (χ0) is 29.0. The topological polar surface area (TPSA) is 77.8 Å². The first-order valence-electron chi connectivity index (χ1n) is 14.4. The van der Waals surface area contributed by atoms with Crippen LogP contribution in [-0.4, -0.2) is 19.9 Å². The summed E-state index contributed by atoms with van der Waals surface area (Å²) < 4.78 is 13.1. The Hall–Kier alpha value is -6.14. The van der Waals surface area contributed by atoms with Crippen LogP contribution < -0.4 is 0 Å². The molecule has 44 heavy (non-hydrogen) atoms. The van der Waals surface area contributed by atoms with Gasteiger partial charge < -0.3 is 8.83 Å². The summed E-state index contributed by atoms with van der Waals surface area (Å²) in [6.07, 6.45) is 0. The van der Waals surface area contributed by atoms with E-state index < -0.39 is 0 Å². The number of fused-ring (bicyclic) bond motifs is 7. The Kier molecular flexibility index (Phi) is 5.40. The highest BCUT2D eigenvalue weighted by atomic mass is 16.3. The standard InChI is InChI=1S/C38H22N4O2/c1-4-12-23(13-5-1)35-40-36(24-14-6-2-7-15-24)42-37(41-35)28-22-26-20-21-29-34(44-38(39-29)25-16-8-3-9-17-25)31(26)32-27-18-10-11-19-30(27)43-33(28)32/h1-22H. The summed E-state index contributed by atoms with van der Waals surface area (Å²) in [4.78, 5) is 19.8. The molecule has 3 heterocycles. The lowest BCUT2D eigenvalue weighted by Gasteiger charge is -2.10. The van der Waals surface area contributed by atoms with E-state index in [4.69, 9.17) is 28.8 Å². The van der Waals surface area contributed by atoms with E-state index in [1.165, 1.54) is 0 Å². The van der Waals surface area contributed by atoms with E-state index in [9.17, 15) is 0 Å². The van der Waals surface area contributed by atoms with E-state index in [2.05, 4.69) is 18.2 Å². The first-order chi connectivity index (χ1) is 21.8. The molecule has 0 amide bonds.